The summed E-state index contributed by atoms with van der Waals surface area (Å²) in [5.41, 5.74) is 1.97. The Bertz CT molecular complexity index is 861. The van der Waals surface area contributed by atoms with Gasteiger partial charge >= 0.3 is 5.97 Å². The second-order valence-electron chi connectivity index (χ2n) is 5.54. The van der Waals surface area contributed by atoms with Crippen LogP contribution in [0.25, 0.3) is 0 Å². The third-order valence-corrected chi connectivity index (χ3v) is 5.64. The first-order valence-corrected chi connectivity index (χ1v) is 9.10. The molecule has 0 unspecified atom stereocenters. The van der Waals surface area contributed by atoms with Crippen LogP contribution in [0.4, 0.5) is 5.00 Å². The lowest BCUT2D eigenvalue weighted by Gasteiger charge is -2.09. The Kier molecular flexibility index (Phi) is 5.01. The summed E-state index contributed by atoms with van der Waals surface area (Å²) in [6, 6.07) is 3.56. The van der Waals surface area contributed by atoms with Gasteiger partial charge in [0.25, 0.3) is 0 Å². The number of amides is 1. The third-order valence-electron chi connectivity index (χ3n) is 3.78. The number of hydrogen-bond acceptors (Lipinski definition) is 6. The average Bonchev–Trinajstić information content (AvgIpc) is 3.08. The molecule has 0 bridgehead atoms. The minimum absolute atomic E-state index is 0.0733. The zero-order valence-electron chi connectivity index (χ0n) is 13.9. The summed E-state index contributed by atoms with van der Waals surface area (Å²) in [5, 5.41) is 3.20. The Hall–Kier alpha value is -2.06. The van der Waals surface area contributed by atoms with Gasteiger partial charge in [0.15, 0.2) is 11.5 Å². The van der Waals surface area contributed by atoms with Gasteiger partial charge < -0.3 is 19.5 Å². The van der Waals surface area contributed by atoms with Crippen LogP contribution in [0.1, 0.15) is 33.3 Å². The van der Waals surface area contributed by atoms with E-state index in [9.17, 15) is 9.59 Å². The molecular formula is C17H16BrNO5S. The Morgan fingerprint density at radius 2 is 1.96 bits per heavy atom. The smallest absolute Gasteiger partial charge is 0.341 e. The maximum absolute atomic E-state index is 12.6. The molecule has 0 atom stereocenters. The topological polar surface area (TPSA) is 73.9 Å². The van der Waals surface area contributed by atoms with Crippen LogP contribution in [0, 0.1) is 13.8 Å². The van der Waals surface area contributed by atoms with Gasteiger partial charge in [-0.25, -0.2) is 4.79 Å². The predicted molar refractivity (Wildman–Crippen MR) is 97.5 cm³/mol. The molecule has 0 aliphatic carbocycles. The predicted octanol–water partition coefficient (Wildman–Crippen LogP) is 4.17. The molecule has 1 aromatic carbocycles. The standard InChI is InChI=1S/C17H16BrNO5S/c1-8-9(2)25-16(19-10(3)20)15(8)17(21)22-6-11-4-13-14(5-12(11)18)24-7-23-13/h4-5H,6-7H2,1-3H3,(H,19,20). The van der Waals surface area contributed by atoms with Crippen molar-refractivity contribution in [2.75, 3.05) is 12.1 Å². The van der Waals surface area contributed by atoms with E-state index in [4.69, 9.17) is 14.2 Å². The number of nitrogens with one attached hydrogen (secondary N) is 1. The van der Waals surface area contributed by atoms with E-state index in [0.29, 0.717) is 22.1 Å². The Morgan fingerprint density at radius 1 is 1.28 bits per heavy atom. The largest absolute Gasteiger partial charge is 0.457 e. The molecule has 8 heteroatoms. The molecule has 0 radical (unpaired) electrons. The number of thiophene rings is 1. The average molecular weight is 426 g/mol. The van der Waals surface area contributed by atoms with E-state index < -0.39 is 5.97 Å². The van der Waals surface area contributed by atoms with E-state index in [0.717, 1.165) is 20.5 Å². The molecule has 1 aliphatic heterocycles. The first-order valence-electron chi connectivity index (χ1n) is 7.49. The van der Waals surface area contributed by atoms with Crippen molar-refractivity contribution in [3.8, 4) is 11.5 Å². The quantitative estimate of drug-likeness (QED) is 0.743. The normalized spacial score (nSPS) is 12.2. The molecule has 1 aromatic heterocycles. The summed E-state index contributed by atoms with van der Waals surface area (Å²) in [5.74, 6) is 0.568. The number of carbonyl (C=O) groups is 2. The van der Waals surface area contributed by atoms with Gasteiger partial charge in [-0.3, -0.25) is 4.79 Å². The maximum Gasteiger partial charge on any atom is 0.341 e. The molecule has 0 saturated heterocycles. The van der Waals surface area contributed by atoms with Gasteiger partial charge in [0, 0.05) is 21.8 Å². The van der Waals surface area contributed by atoms with Crippen molar-refractivity contribution < 1.29 is 23.8 Å². The number of halogens is 1. The van der Waals surface area contributed by atoms with Crippen LogP contribution in [0.3, 0.4) is 0 Å². The second-order valence-corrected chi connectivity index (χ2v) is 7.62. The lowest BCUT2D eigenvalue weighted by atomic mass is 10.1. The van der Waals surface area contributed by atoms with Gasteiger partial charge in [-0.15, -0.1) is 11.3 Å². The van der Waals surface area contributed by atoms with Crippen molar-refractivity contribution in [3.05, 3.63) is 38.2 Å². The number of rotatable bonds is 4. The Labute approximate surface area is 157 Å². The molecule has 0 saturated carbocycles. The van der Waals surface area contributed by atoms with Crippen LogP contribution < -0.4 is 14.8 Å². The van der Waals surface area contributed by atoms with Crippen LogP contribution in [0.5, 0.6) is 11.5 Å². The molecule has 132 valence electrons. The van der Waals surface area contributed by atoms with Gasteiger partial charge in [0.2, 0.25) is 12.7 Å². The van der Waals surface area contributed by atoms with Crippen molar-refractivity contribution in [1.29, 1.82) is 0 Å². The molecular weight excluding hydrogens is 410 g/mol. The fourth-order valence-electron chi connectivity index (χ4n) is 2.41. The first kappa shape index (κ1) is 17.8. The fourth-order valence-corrected chi connectivity index (χ4v) is 3.94. The Balaban J connectivity index is 1.79. The number of anilines is 1. The van der Waals surface area contributed by atoms with E-state index in [1.807, 2.05) is 13.8 Å². The highest BCUT2D eigenvalue weighted by molar-refractivity contribution is 9.10. The summed E-state index contributed by atoms with van der Waals surface area (Å²) in [6.45, 7) is 5.40. The van der Waals surface area contributed by atoms with E-state index in [2.05, 4.69) is 21.2 Å². The summed E-state index contributed by atoms with van der Waals surface area (Å²) >= 11 is 4.80. The van der Waals surface area contributed by atoms with Crippen molar-refractivity contribution in [1.82, 2.24) is 0 Å². The van der Waals surface area contributed by atoms with Gasteiger partial charge in [0.1, 0.15) is 11.6 Å². The minimum atomic E-state index is -0.477. The number of esters is 1. The Morgan fingerprint density at radius 3 is 2.64 bits per heavy atom. The van der Waals surface area contributed by atoms with Gasteiger partial charge in [-0.05, 0) is 31.5 Å². The van der Waals surface area contributed by atoms with Crippen LogP contribution in [0.15, 0.2) is 16.6 Å². The van der Waals surface area contributed by atoms with Crippen LogP contribution in [-0.4, -0.2) is 18.7 Å². The summed E-state index contributed by atoms with van der Waals surface area (Å²) < 4.78 is 16.9. The lowest BCUT2D eigenvalue weighted by molar-refractivity contribution is -0.114. The molecule has 1 amide bonds. The molecule has 0 spiro atoms. The number of carbonyl (C=O) groups excluding carboxylic acids is 2. The van der Waals surface area contributed by atoms with Crippen molar-refractivity contribution in [2.45, 2.75) is 27.4 Å². The molecule has 0 fully saturated rings. The van der Waals surface area contributed by atoms with Crippen molar-refractivity contribution >= 4 is 44.1 Å². The van der Waals surface area contributed by atoms with Gasteiger partial charge in [-0.2, -0.15) is 0 Å². The van der Waals surface area contributed by atoms with Crippen LogP contribution in [0.2, 0.25) is 0 Å². The number of ether oxygens (including phenoxy) is 3. The SMILES string of the molecule is CC(=O)Nc1sc(C)c(C)c1C(=O)OCc1cc2c(cc1Br)OCO2. The van der Waals surface area contributed by atoms with Crippen molar-refractivity contribution in [3.63, 3.8) is 0 Å². The first-order chi connectivity index (χ1) is 11.9. The third kappa shape index (κ3) is 3.64. The van der Waals surface area contributed by atoms with Crippen LogP contribution in [-0.2, 0) is 16.1 Å². The highest BCUT2D eigenvalue weighted by Gasteiger charge is 2.23. The zero-order valence-corrected chi connectivity index (χ0v) is 16.3. The molecule has 1 aliphatic rings. The van der Waals surface area contributed by atoms with E-state index in [-0.39, 0.29) is 19.3 Å². The zero-order chi connectivity index (χ0) is 18.1. The molecule has 2 heterocycles. The summed E-state index contributed by atoms with van der Waals surface area (Å²) in [6.07, 6.45) is 0. The highest BCUT2D eigenvalue weighted by Crippen LogP contribution is 2.38. The monoisotopic (exact) mass is 425 g/mol. The van der Waals surface area contributed by atoms with E-state index in [1.165, 1.54) is 18.3 Å². The van der Waals surface area contributed by atoms with E-state index >= 15 is 0 Å². The number of hydrogen-bond donors (Lipinski definition) is 1. The van der Waals surface area contributed by atoms with Gasteiger partial charge in [-0.1, -0.05) is 15.9 Å². The molecule has 2 aromatic rings. The summed E-state index contributed by atoms with van der Waals surface area (Å²) in [4.78, 5) is 24.9. The number of aryl methyl sites for hydroxylation is 1. The maximum atomic E-state index is 12.6. The van der Waals surface area contributed by atoms with Gasteiger partial charge in [0.05, 0.1) is 5.56 Å². The minimum Gasteiger partial charge on any atom is -0.457 e. The van der Waals surface area contributed by atoms with E-state index in [1.54, 1.807) is 12.1 Å². The lowest BCUT2D eigenvalue weighted by Crippen LogP contribution is -2.12. The number of fused-ring (bicyclic) bond motifs is 1. The highest BCUT2D eigenvalue weighted by atomic mass is 79.9. The molecule has 1 N–H and O–H groups in total. The summed E-state index contributed by atoms with van der Waals surface area (Å²) in [7, 11) is 0. The fraction of sp³-hybridized carbons (Fsp3) is 0.294. The number of benzene rings is 1. The molecule has 6 nitrogen and oxygen atoms in total. The molecule has 3 rings (SSSR count). The molecule has 25 heavy (non-hydrogen) atoms. The van der Waals surface area contributed by atoms with Crippen LogP contribution >= 0.6 is 27.3 Å². The second kappa shape index (κ2) is 7.05. The van der Waals surface area contributed by atoms with Crippen molar-refractivity contribution in [2.24, 2.45) is 0 Å².